The molecule has 0 bridgehead atoms. The summed E-state index contributed by atoms with van der Waals surface area (Å²) in [6.45, 7) is 4.55. The van der Waals surface area contributed by atoms with Gasteiger partial charge in [-0.2, -0.15) is 0 Å². The molecule has 2 aromatic carbocycles. The smallest absolute Gasteiger partial charge is 0.227 e. The van der Waals surface area contributed by atoms with E-state index in [1.54, 1.807) is 12.1 Å². The van der Waals surface area contributed by atoms with Gasteiger partial charge in [-0.25, -0.2) is 12.7 Å². The Kier molecular flexibility index (Phi) is 6.89. The molecule has 0 unspecified atom stereocenters. The van der Waals surface area contributed by atoms with Gasteiger partial charge in [-0.3, -0.25) is 4.79 Å². The van der Waals surface area contributed by atoms with Crippen molar-refractivity contribution in [1.29, 1.82) is 0 Å². The number of halogens is 2. The van der Waals surface area contributed by atoms with Crippen LogP contribution in [0, 0.1) is 19.8 Å². The van der Waals surface area contributed by atoms with Crippen molar-refractivity contribution < 1.29 is 13.2 Å². The number of piperidine rings is 1. The Hall–Kier alpha value is -1.60. The van der Waals surface area contributed by atoms with Gasteiger partial charge in [-0.15, -0.1) is 0 Å². The van der Waals surface area contributed by atoms with Crippen LogP contribution in [0.5, 0.6) is 0 Å². The molecule has 2 aromatic rings. The third-order valence-corrected chi connectivity index (χ3v) is 7.72. The van der Waals surface area contributed by atoms with Gasteiger partial charge in [-0.1, -0.05) is 47.5 Å². The van der Waals surface area contributed by atoms with Crippen molar-refractivity contribution in [3.8, 4) is 0 Å². The van der Waals surface area contributed by atoms with E-state index in [1.807, 2.05) is 32.0 Å². The van der Waals surface area contributed by atoms with Gasteiger partial charge in [0.1, 0.15) is 0 Å². The van der Waals surface area contributed by atoms with Crippen LogP contribution in [-0.2, 0) is 20.6 Å². The SMILES string of the molecule is Cc1cccc(C)c1NC(=O)C1CCN(S(=O)(=O)Cc2ccc(Cl)cc2Cl)CC1. The number of carbonyl (C=O) groups is 1. The van der Waals surface area contributed by atoms with Crippen LogP contribution < -0.4 is 5.32 Å². The molecule has 0 atom stereocenters. The van der Waals surface area contributed by atoms with Crippen molar-refractivity contribution in [3.05, 3.63) is 63.1 Å². The lowest BCUT2D eigenvalue weighted by molar-refractivity contribution is -0.120. The average molecular weight is 455 g/mol. The molecule has 1 aliphatic rings. The standard InChI is InChI=1S/C21H24Cl2N2O3S/c1-14-4-3-5-15(2)20(14)24-21(26)16-8-10-25(11-9-16)29(27,28)13-17-6-7-18(22)12-19(17)23/h3-7,12,16H,8-11,13H2,1-2H3,(H,24,26). The van der Waals surface area contributed by atoms with E-state index in [4.69, 9.17) is 23.2 Å². The predicted octanol–water partition coefficient (Wildman–Crippen LogP) is 4.79. The Labute approximate surface area is 182 Å². The maximum atomic E-state index is 12.8. The van der Waals surface area contributed by atoms with E-state index in [2.05, 4.69) is 5.32 Å². The first-order valence-corrected chi connectivity index (χ1v) is 11.8. The van der Waals surface area contributed by atoms with E-state index in [1.165, 1.54) is 10.4 Å². The fourth-order valence-electron chi connectivity index (χ4n) is 3.56. The highest BCUT2D eigenvalue weighted by atomic mass is 35.5. The summed E-state index contributed by atoms with van der Waals surface area (Å²) in [7, 11) is -3.52. The topological polar surface area (TPSA) is 66.5 Å². The highest BCUT2D eigenvalue weighted by molar-refractivity contribution is 7.88. The number of anilines is 1. The zero-order valence-corrected chi connectivity index (χ0v) is 18.7. The number of aryl methyl sites for hydroxylation is 2. The number of hydrogen-bond donors (Lipinski definition) is 1. The molecule has 29 heavy (non-hydrogen) atoms. The molecule has 5 nitrogen and oxygen atoms in total. The van der Waals surface area contributed by atoms with Crippen LogP contribution in [0.15, 0.2) is 36.4 Å². The van der Waals surface area contributed by atoms with Crippen LogP contribution in [-0.4, -0.2) is 31.7 Å². The second-order valence-corrected chi connectivity index (χ2v) is 10.2. The minimum absolute atomic E-state index is 0.0554. The van der Waals surface area contributed by atoms with Gasteiger partial charge in [0.2, 0.25) is 15.9 Å². The van der Waals surface area contributed by atoms with Gasteiger partial charge < -0.3 is 5.32 Å². The van der Waals surface area contributed by atoms with Crippen LogP contribution in [0.1, 0.15) is 29.5 Å². The molecular formula is C21H24Cl2N2O3S. The summed E-state index contributed by atoms with van der Waals surface area (Å²) < 4.78 is 27.0. The number of carbonyl (C=O) groups excluding carboxylic acids is 1. The van der Waals surface area contributed by atoms with Gasteiger partial charge in [0.05, 0.1) is 5.75 Å². The van der Waals surface area contributed by atoms with Crippen molar-refractivity contribution in [2.75, 3.05) is 18.4 Å². The maximum Gasteiger partial charge on any atom is 0.227 e. The monoisotopic (exact) mass is 454 g/mol. The summed E-state index contributed by atoms with van der Waals surface area (Å²) in [4.78, 5) is 12.7. The molecule has 1 saturated heterocycles. The predicted molar refractivity (Wildman–Crippen MR) is 118 cm³/mol. The van der Waals surface area contributed by atoms with Gasteiger partial charge in [0.25, 0.3) is 0 Å². The molecular weight excluding hydrogens is 431 g/mol. The lowest BCUT2D eigenvalue weighted by Gasteiger charge is -2.31. The second kappa shape index (κ2) is 9.04. The number of hydrogen-bond acceptors (Lipinski definition) is 3. The van der Waals surface area contributed by atoms with Crippen LogP contribution >= 0.6 is 23.2 Å². The van der Waals surface area contributed by atoms with Crippen molar-refractivity contribution in [2.45, 2.75) is 32.4 Å². The normalized spacial score (nSPS) is 16.0. The summed E-state index contributed by atoms with van der Waals surface area (Å²) in [6.07, 6.45) is 0.981. The number of rotatable bonds is 5. The molecule has 0 spiro atoms. The fraction of sp³-hybridized carbons (Fsp3) is 0.381. The summed E-state index contributed by atoms with van der Waals surface area (Å²) in [5.41, 5.74) is 3.38. The van der Waals surface area contributed by atoms with Crippen LogP contribution in [0.4, 0.5) is 5.69 Å². The molecule has 1 fully saturated rings. The average Bonchev–Trinajstić information content (AvgIpc) is 2.67. The largest absolute Gasteiger partial charge is 0.325 e. The highest BCUT2D eigenvalue weighted by Crippen LogP contribution is 2.27. The highest BCUT2D eigenvalue weighted by Gasteiger charge is 2.31. The van der Waals surface area contributed by atoms with Crippen LogP contribution in [0.2, 0.25) is 10.0 Å². The van der Waals surface area contributed by atoms with E-state index < -0.39 is 10.0 Å². The zero-order valence-electron chi connectivity index (χ0n) is 16.4. The van der Waals surface area contributed by atoms with E-state index in [-0.39, 0.29) is 17.6 Å². The van der Waals surface area contributed by atoms with Crippen molar-refractivity contribution in [1.82, 2.24) is 4.31 Å². The van der Waals surface area contributed by atoms with E-state index in [9.17, 15) is 13.2 Å². The Morgan fingerprint density at radius 2 is 1.72 bits per heavy atom. The molecule has 0 aliphatic carbocycles. The lowest BCUT2D eigenvalue weighted by atomic mass is 9.96. The van der Waals surface area contributed by atoms with Gasteiger partial charge in [-0.05, 0) is 55.5 Å². The van der Waals surface area contributed by atoms with E-state index in [0.29, 0.717) is 41.5 Å². The summed E-state index contributed by atoms with van der Waals surface area (Å²) in [5, 5.41) is 3.82. The molecule has 0 saturated carbocycles. The van der Waals surface area contributed by atoms with E-state index in [0.717, 1.165) is 16.8 Å². The Bertz CT molecular complexity index is 996. The molecule has 156 valence electrons. The minimum Gasteiger partial charge on any atom is -0.325 e. The molecule has 3 rings (SSSR count). The van der Waals surface area contributed by atoms with Crippen LogP contribution in [0.3, 0.4) is 0 Å². The number of para-hydroxylation sites is 1. The number of amides is 1. The number of nitrogens with one attached hydrogen (secondary N) is 1. The van der Waals surface area contributed by atoms with Crippen molar-refractivity contribution in [2.24, 2.45) is 5.92 Å². The molecule has 1 N–H and O–H groups in total. The van der Waals surface area contributed by atoms with Gasteiger partial charge >= 0.3 is 0 Å². The Morgan fingerprint density at radius 1 is 1.10 bits per heavy atom. The molecule has 1 heterocycles. The number of benzene rings is 2. The molecule has 0 radical (unpaired) electrons. The fourth-order valence-corrected chi connectivity index (χ4v) is 5.71. The summed E-state index contributed by atoms with van der Waals surface area (Å²) in [5.74, 6) is -0.442. The summed E-state index contributed by atoms with van der Waals surface area (Å²) >= 11 is 12.0. The minimum atomic E-state index is -3.52. The quantitative estimate of drug-likeness (QED) is 0.705. The first-order valence-electron chi connectivity index (χ1n) is 9.46. The first kappa shape index (κ1) is 22.1. The molecule has 0 aromatic heterocycles. The molecule has 1 aliphatic heterocycles. The molecule has 1 amide bonds. The zero-order chi connectivity index (χ0) is 21.2. The lowest BCUT2D eigenvalue weighted by Crippen LogP contribution is -2.42. The maximum absolute atomic E-state index is 12.8. The second-order valence-electron chi connectivity index (χ2n) is 7.42. The molecule has 8 heteroatoms. The van der Waals surface area contributed by atoms with Crippen LogP contribution in [0.25, 0.3) is 0 Å². The van der Waals surface area contributed by atoms with Crippen molar-refractivity contribution >= 4 is 44.8 Å². The first-order chi connectivity index (χ1) is 13.7. The van der Waals surface area contributed by atoms with Crippen molar-refractivity contribution in [3.63, 3.8) is 0 Å². The Morgan fingerprint density at radius 3 is 2.31 bits per heavy atom. The van der Waals surface area contributed by atoms with Gasteiger partial charge in [0.15, 0.2) is 0 Å². The third kappa shape index (κ3) is 5.31. The number of nitrogens with zero attached hydrogens (tertiary/aromatic N) is 1. The summed E-state index contributed by atoms with van der Waals surface area (Å²) in [6, 6.07) is 10.7. The van der Waals surface area contributed by atoms with Gasteiger partial charge in [0, 0.05) is 34.7 Å². The third-order valence-electron chi connectivity index (χ3n) is 5.30. The Balaban J connectivity index is 1.61. The van der Waals surface area contributed by atoms with E-state index >= 15 is 0 Å². The number of sulfonamides is 1.